The summed E-state index contributed by atoms with van der Waals surface area (Å²) in [5.41, 5.74) is 1.04. The van der Waals surface area contributed by atoms with Gasteiger partial charge >= 0.3 is 0 Å². The van der Waals surface area contributed by atoms with Gasteiger partial charge in [0.05, 0.1) is 11.1 Å². The van der Waals surface area contributed by atoms with E-state index in [0.29, 0.717) is 22.6 Å². The number of benzene rings is 4. The predicted octanol–water partition coefficient (Wildman–Crippen LogP) is 6.90. The van der Waals surface area contributed by atoms with Gasteiger partial charge in [0.1, 0.15) is 59.5 Å². The largest absolute Gasteiger partial charge is 0.507 e. The summed E-state index contributed by atoms with van der Waals surface area (Å²) in [6, 6.07) is 14.6. The zero-order valence-corrected chi connectivity index (χ0v) is 21.4. The second-order valence-corrected chi connectivity index (χ2v) is 8.60. The number of Topliss-reactive ketones (excluding diaryl/α,β-unsaturated/α-hetero) is 2. The molecule has 40 heavy (non-hydrogen) atoms. The smallest absolute Gasteiger partial charge is 0.163 e. The Kier molecular flexibility index (Phi) is 9.86. The van der Waals surface area contributed by atoms with Crippen molar-refractivity contribution in [1.82, 2.24) is 0 Å². The molecule has 0 unspecified atom stereocenters. The van der Waals surface area contributed by atoms with Crippen LogP contribution < -0.4 is 9.47 Å². The van der Waals surface area contributed by atoms with Gasteiger partial charge in [0.15, 0.2) is 11.6 Å². The normalized spacial score (nSPS) is 10.3. The lowest BCUT2D eigenvalue weighted by molar-refractivity contribution is 0.100. The van der Waals surface area contributed by atoms with Gasteiger partial charge in [-0.2, -0.15) is 0 Å². The Morgan fingerprint density at radius 2 is 0.900 bits per heavy atom. The average Bonchev–Trinajstić information content (AvgIpc) is 2.85. The van der Waals surface area contributed by atoms with Crippen molar-refractivity contribution < 1.29 is 46.8 Å². The minimum Gasteiger partial charge on any atom is -0.507 e. The minimum atomic E-state index is -0.682. The van der Waals surface area contributed by atoms with E-state index in [1.807, 2.05) is 0 Å². The summed E-state index contributed by atoms with van der Waals surface area (Å²) in [5.74, 6) is -3.04. The minimum absolute atomic E-state index is 0.0481. The topological polar surface area (TPSA) is 93.1 Å². The highest BCUT2D eigenvalue weighted by molar-refractivity contribution is 5.97. The zero-order valence-electron chi connectivity index (χ0n) is 21.4. The summed E-state index contributed by atoms with van der Waals surface area (Å²) in [7, 11) is 0. The van der Waals surface area contributed by atoms with Crippen LogP contribution in [0.5, 0.6) is 23.0 Å². The summed E-state index contributed by atoms with van der Waals surface area (Å²) in [5, 5.41) is 19.3. The number of ketones is 2. The first kappa shape index (κ1) is 29.7. The molecule has 2 N–H and O–H groups in total. The maximum Gasteiger partial charge on any atom is 0.163 e. The molecule has 0 saturated heterocycles. The molecule has 0 aliphatic heterocycles. The lowest BCUT2D eigenvalue weighted by Gasteiger charge is -2.08. The number of hydrogen-bond donors (Lipinski definition) is 2. The van der Waals surface area contributed by atoms with Crippen LogP contribution in [0.15, 0.2) is 72.8 Å². The van der Waals surface area contributed by atoms with E-state index in [2.05, 4.69) is 0 Å². The molecule has 0 atom stereocenters. The van der Waals surface area contributed by atoms with E-state index in [-0.39, 0.29) is 47.4 Å². The van der Waals surface area contributed by atoms with Crippen LogP contribution in [0.3, 0.4) is 0 Å². The number of rotatable bonds is 8. The van der Waals surface area contributed by atoms with Gasteiger partial charge in [0.2, 0.25) is 0 Å². The van der Waals surface area contributed by atoms with Crippen LogP contribution in [0.25, 0.3) is 0 Å². The Hall–Kier alpha value is -4.86. The third kappa shape index (κ3) is 8.59. The summed E-state index contributed by atoms with van der Waals surface area (Å²) in [6.45, 7) is 2.58. The van der Waals surface area contributed by atoms with E-state index >= 15 is 0 Å². The molecule has 10 heteroatoms. The first-order chi connectivity index (χ1) is 18.9. The summed E-state index contributed by atoms with van der Waals surface area (Å²) in [4.78, 5) is 22.3. The standard InChI is InChI=1S/2C15H12F2O3/c2*1-9(18)14-3-2-13(7-15(14)19)20-8-10-4-11(16)6-12(17)5-10/h2*2-7,19H,8H2,1H3. The summed E-state index contributed by atoms with van der Waals surface area (Å²) >= 11 is 0. The second-order valence-electron chi connectivity index (χ2n) is 8.60. The van der Waals surface area contributed by atoms with Crippen molar-refractivity contribution in [3.63, 3.8) is 0 Å². The zero-order chi connectivity index (χ0) is 29.4. The quantitative estimate of drug-likeness (QED) is 0.181. The highest BCUT2D eigenvalue weighted by Crippen LogP contribution is 2.26. The van der Waals surface area contributed by atoms with Gasteiger partial charge < -0.3 is 19.7 Å². The molecule has 0 aromatic heterocycles. The first-order valence-electron chi connectivity index (χ1n) is 11.7. The number of ether oxygens (including phenoxy) is 2. The van der Waals surface area contributed by atoms with E-state index in [0.717, 1.165) is 36.4 Å². The number of carbonyl (C=O) groups excluding carboxylic acids is 2. The molecule has 4 aromatic rings. The van der Waals surface area contributed by atoms with Crippen LogP contribution in [0.1, 0.15) is 45.7 Å². The van der Waals surface area contributed by atoms with Crippen molar-refractivity contribution in [2.45, 2.75) is 27.1 Å². The van der Waals surface area contributed by atoms with E-state index in [9.17, 15) is 37.4 Å². The van der Waals surface area contributed by atoms with Gasteiger partial charge in [-0.25, -0.2) is 17.6 Å². The molecule has 0 aliphatic carbocycles. The molecule has 4 rings (SSSR count). The fraction of sp³-hybridized carbons (Fsp3) is 0.133. The molecule has 0 radical (unpaired) electrons. The third-order valence-electron chi connectivity index (χ3n) is 5.35. The van der Waals surface area contributed by atoms with Gasteiger partial charge in [0.25, 0.3) is 0 Å². The molecule has 0 aliphatic rings. The van der Waals surface area contributed by atoms with Crippen molar-refractivity contribution in [2.75, 3.05) is 0 Å². The molecule has 0 saturated carbocycles. The second kappa shape index (κ2) is 13.3. The van der Waals surface area contributed by atoms with E-state index < -0.39 is 23.3 Å². The average molecular weight is 557 g/mol. The maximum atomic E-state index is 13.0. The van der Waals surface area contributed by atoms with Gasteiger partial charge in [-0.05, 0) is 73.5 Å². The van der Waals surface area contributed by atoms with Gasteiger partial charge in [-0.1, -0.05) is 0 Å². The van der Waals surface area contributed by atoms with Crippen LogP contribution in [-0.4, -0.2) is 21.8 Å². The summed E-state index contributed by atoms with van der Waals surface area (Å²) < 4.78 is 62.6. The third-order valence-corrected chi connectivity index (χ3v) is 5.35. The first-order valence-corrected chi connectivity index (χ1v) is 11.7. The molecule has 6 nitrogen and oxygen atoms in total. The van der Waals surface area contributed by atoms with Crippen molar-refractivity contribution in [3.8, 4) is 23.0 Å². The molecule has 4 aromatic carbocycles. The lowest BCUT2D eigenvalue weighted by atomic mass is 10.1. The molecule has 0 amide bonds. The molecular weight excluding hydrogens is 532 g/mol. The number of carbonyl (C=O) groups is 2. The summed E-state index contributed by atoms with van der Waals surface area (Å²) in [6.07, 6.45) is 0. The van der Waals surface area contributed by atoms with Crippen molar-refractivity contribution in [2.24, 2.45) is 0 Å². The molecule has 0 spiro atoms. The van der Waals surface area contributed by atoms with Crippen LogP contribution >= 0.6 is 0 Å². The monoisotopic (exact) mass is 556 g/mol. The molecule has 0 fully saturated rings. The van der Waals surface area contributed by atoms with Crippen molar-refractivity contribution in [3.05, 3.63) is 118 Å². The molecule has 0 bridgehead atoms. The Morgan fingerprint density at radius 1 is 0.575 bits per heavy atom. The number of hydrogen-bond acceptors (Lipinski definition) is 6. The Balaban J connectivity index is 0.000000220. The molecular formula is C30H24F4O6. The van der Waals surface area contributed by atoms with E-state index in [4.69, 9.17) is 9.47 Å². The fourth-order valence-electron chi connectivity index (χ4n) is 3.52. The molecule has 0 heterocycles. The number of aromatic hydroxyl groups is 2. The molecule has 208 valence electrons. The Labute approximate surface area is 227 Å². The number of phenols is 2. The number of phenolic OH excluding ortho intramolecular Hbond substituents is 2. The van der Waals surface area contributed by atoms with Gasteiger partial charge in [0, 0.05) is 24.3 Å². The van der Waals surface area contributed by atoms with Crippen LogP contribution in [0, 0.1) is 23.3 Å². The van der Waals surface area contributed by atoms with Gasteiger partial charge in [-0.3, -0.25) is 9.59 Å². The van der Waals surface area contributed by atoms with Gasteiger partial charge in [-0.15, -0.1) is 0 Å². The van der Waals surface area contributed by atoms with Crippen molar-refractivity contribution in [1.29, 1.82) is 0 Å². The number of halogens is 4. The maximum absolute atomic E-state index is 13.0. The van der Waals surface area contributed by atoms with E-state index in [1.165, 1.54) is 50.2 Å². The van der Waals surface area contributed by atoms with Crippen LogP contribution in [0.2, 0.25) is 0 Å². The predicted molar refractivity (Wildman–Crippen MR) is 138 cm³/mol. The van der Waals surface area contributed by atoms with Crippen LogP contribution in [0.4, 0.5) is 17.6 Å². The fourth-order valence-corrected chi connectivity index (χ4v) is 3.52. The highest BCUT2D eigenvalue weighted by atomic mass is 19.1. The lowest BCUT2D eigenvalue weighted by Crippen LogP contribution is -1.98. The van der Waals surface area contributed by atoms with Crippen molar-refractivity contribution >= 4 is 11.6 Å². The highest BCUT2D eigenvalue weighted by Gasteiger charge is 2.09. The Morgan fingerprint density at radius 3 is 1.18 bits per heavy atom. The van der Waals surface area contributed by atoms with E-state index in [1.54, 1.807) is 0 Å². The van der Waals surface area contributed by atoms with Crippen LogP contribution in [-0.2, 0) is 13.2 Å². The SMILES string of the molecule is CC(=O)c1ccc(OCc2cc(F)cc(F)c2)cc1O.CC(=O)c1ccc(OCc2cc(F)cc(F)c2)cc1O. The Bertz CT molecular complexity index is 1380.